The summed E-state index contributed by atoms with van der Waals surface area (Å²) in [6.45, 7) is 4.45. The summed E-state index contributed by atoms with van der Waals surface area (Å²) in [5, 5.41) is 17.4. The standard InChI is InChI=1S/C23H25F3N4O5S/c1-23(2,3)35-22(33)28-11(10-31)9-14-15(21(32)34-4)18(12-5-6-13(24)17(26)16(12)25)30-19(29-14)20-27-7-8-36-20/h5-8,11,18,31H,9-10H2,1-4H3,(H,28,33)(H,29,30)/t11-,18-/m0/s1. The van der Waals surface area contributed by atoms with Crippen molar-refractivity contribution in [3.63, 3.8) is 0 Å². The first-order chi connectivity index (χ1) is 16.9. The molecule has 2 atom stereocenters. The van der Waals surface area contributed by atoms with Crippen molar-refractivity contribution in [2.24, 2.45) is 4.99 Å². The van der Waals surface area contributed by atoms with E-state index in [1.807, 2.05) is 0 Å². The summed E-state index contributed by atoms with van der Waals surface area (Å²) in [5.74, 6) is -5.45. The maximum Gasteiger partial charge on any atom is 0.407 e. The summed E-state index contributed by atoms with van der Waals surface area (Å²) in [6.07, 6.45) is 0.512. The van der Waals surface area contributed by atoms with Gasteiger partial charge in [-0.15, -0.1) is 11.3 Å². The van der Waals surface area contributed by atoms with Crippen LogP contribution in [0.2, 0.25) is 0 Å². The molecule has 0 radical (unpaired) electrons. The SMILES string of the molecule is COC(=O)C1=C(C[C@@H](CO)NC(=O)OC(C)(C)C)NC(c2nccs2)=N[C@H]1c1ccc(F)c(F)c1F. The number of benzene rings is 1. The molecule has 0 unspecified atom stereocenters. The number of esters is 1. The van der Waals surface area contributed by atoms with E-state index in [4.69, 9.17) is 9.47 Å². The Morgan fingerprint density at radius 2 is 1.97 bits per heavy atom. The van der Waals surface area contributed by atoms with E-state index in [0.29, 0.717) is 5.01 Å². The highest BCUT2D eigenvalue weighted by Gasteiger charge is 2.36. The van der Waals surface area contributed by atoms with Gasteiger partial charge < -0.3 is 25.2 Å². The van der Waals surface area contributed by atoms with Gasteiger partial charge in [-0.05, 0) is 26.8 Å². The molecule has 2 heterocycles. The summed E-state index contributed by atoms with van der Waals surface area (Å²) >= 11 is 1.19. The molecule has 13 heteroatoms. The fourth-order valence-electron chi connectivity index (χ4n) is 3.41. The maximum absolute atomic E-state index is 14.8. The van der Waals surface area contributed by atoms with Gasteiger partial charge in [-0.1, -0.05) is 6.07 Å². The molecule has 1 aliphatic heterocycles. The number of amidine groups is 1. The van der Waals surface area contributed by atoms with Crippen molar-refractivity contribution in [2.45, 2.75) is 44.9 Å². The number of carbonyl (C=O) groups excluding carboxylic acids is 2. The molecular weight excluding hydrogens is 501 g/mol. The number of rotatable bonds is 7. The maximum atomic E-state index is 14.8. The van der Waals surface area contributed by atoms with Gasteiger partial charge in [-0.25, -0.2) is 27.7 Å². The fourth-order valence-corrected chi connectivity index (χ4v) is 4.00. The van der Waals surface area contributed by atoms with Gasteiger partial charge in [0.25, 0.3) is 0 Å². The third kappa shape index (κ3) is 6.21. The van der Waals surface area contributed by atoms with E-state index in [2.05, 4.69) is 20.6 Å². The minimum absolute atomic E-state index is 0.103. The summed E-state index contributed by atoms with van der Waals surface area (Å²) in [6, 6.07) is -0.684. The van der Waals surface area contributed by atoms with Gasteiger partial charge in [0.2, 0.25) is 0 Å². The third-order valence-electron chi connectivity index (χ3n) is 4.92. The number of amides is 1. The zero-order valence-corrected chi connectivity index (χ0v) is 20.7. The molecule has 0 saturated carbocycles. The number of aliphatic hydroxyl groups excluding tert-OH is 1. The van der Waals surface area contributed by atoms with Crippen LogP contribution in [-0.2, 0) is 14.3 Å². The highest BCUT2D eigenvalue weighted by molar-refractivity contribution is 7.11. The van der Waals surface area contributed by atoms with Crippen LogP contribution in [0.5, 0.6) is 0 Å². The molecule has 0 fully saturated rings. The van der Waals surface area contributed by atoms with Crippen molar-refractivity contribution < 1.29 is 37.3 Å². The van der Waals surface area contributed by atoms with Crippen LogP contribution in [0.25, 0.3) is 0 Å². The van der Waals surface area contributed by atoms with Crippen molar-refractivity contribution in [2.75, 3.05) is 13.7 Å². The number of aliphatic hydroxyl groups is 1. The van der Waals surface area contributed by atoms with Gasteiger partial charge in [-0.2, -0.15) is 0 Å². The van der Waals surface area contributed by atoms with Gasteiger partial charge in [-0.3, -0.25) is 4.99 Å². The first kappa shape index (κ1) is 27.1. The lowest BCUT2D eigenvalue weighted by atomic mass is 9.92. The number of hydrogen-bond donors (Lipinski definition) is 3. The Morgan fingerprint density at radius 1 is 1.25 bits per heavy atom. The van der Waals surface area contributed by atoms with Crippen molar-refractivity contribution in [3.8, 4) is 0 Å². The minimum Gasteiger partial charge on any atom is -0.466 e. The third-order valence-corrected chi connectivity index (χ3v) is 5.70. The second-order valence-electron chi connectivity index (χ2n) is 8.72. The molecule has 3 rings (SSSR count). The number of nitrogens with one attached hydrogen (secondary N) is 2. The van der Waals surface area contributed by atoms with E-state index in [1.165, 1.54) is 17.5 Å². The lowest BCUT2D eigenvalue weighted by molar-refractivity contribution is -0.136. The van der Waals surface area contributed by atoms with Crippen LogP contribution in [-0.4, -0.2) is 53.3 Å². The number of alkyl carbamates (subject to hydrolysis) is 1. The predicted molar refractivity (Wildman–Crippen MR) is 125 cm³/mol. The molecule has 3 N–H and O–H groups in total. The number of nitrogens with zero attached hydrogens (tertiary/aromatic N) is 2. The quantitative estimate of drug-likeness (QED) is 0.374. The molecular formula is C23H25F3N4O5S. The van der Waals surface area contributed by atoms with Crippen LogP contribution in [0.1, 0.15) is 43.8 Å². The van der Waals surface area contributed by atoms with Crippen molar-refractivity contribution in [1.29, 1.82) is 0 Å². The Bertz CT molecular complexity index is 1200. The molecule has 1 amide bonds. The first-order valence-corrected chi connectivity index (χ1v) is 11.6. The van der Waals surface area contributed by atoms with Crippen molar-refractivity contribution in [1.82, 2.24) is 15.6 Å². The predicted octanol–water partition coefficient (Wildman–Crippen LogP) is 3.35. The number of hydrogen-bond acceptors (Lipinski definition) is 9. The second kappa shape index (κ2) is 11.1. The van der Waals surface area contributed by atoms with Gasteiger partial charge >= 0.3 is 12.1 Å². The number of ether oxygens (including phenoxy) is 2. The van der Waals surface area contributed by atoms with Crippen LogP contribution in [0.15, 0.2) is 40.0 Å². The zero-order valence-electron chi connectivity index (χ0n) is 19.9. The smallest absolute Gasteiger partial charge is 0.407 e. The Morgan fingerprint density at radius 3 is 2.56 bits per heavy atom. The fraction of sp³-hybridized carbons (Fsp3) is 0.391. The largest absolute Gasteiger partial charge is 0.466 e. The molecule has 1 aliphatic rings. The molecule has 2 aromatic rings. The van der Waals surface area contributed by atoms with Gasteiger partial charge in [0.15, 0.2) is 28.3 Å². The average Bonchev–Trinajstić information content (AvgIpc) is 3.35. The Labute approximate surface area is 209 Å². The molecule has 0 bridgehead atoms. The molecule has 1 aromatic carbocycles. The number of halogens is 3. The van der Waals surface area contributed by atoms with Gasteiger partial charge in [0.1, 0.15) is 11.6 Å². The van der Waals surface area contributed by atoms with E-state index >= 15 is 0 Å². The Hall–Kier alpha value is -3.45. The van der Waals surface area contributed by atoms with Crippen molar-refractivity contribution >= 4 is 29.2 Å². The average molecular weight is 527 g/mol. The lowest BCUT2D eigenvalue weighted by Gasteiger charge is -2.29. The van der Waals surface area contributed by atoms with E-state index in [1.54, 1.807) is 26.2 Å². The topological polar surface area (TPSA) is 122 Å². The number of carbonyl (C=O) groups is 2. The number of thiazole rings is 1. The van der Waals surface area contributed by atoms with Crippen LogP contribution < -0.4 is 10.6 Å². The Balaban J connectivity index is 2.09. The Kier molecular flexibility index (Phi) is 8.35. The number of aliphatic imine (C=N–C) groups is 1. The van der Waals surface area contributed by atoms with Crippen LogP contribution in [0.3, 0.4) is 0 Å². The van der Waals surface area contributed by atoms with E-state index in [9.17, 15) is 27.9 Å². The highest BCUT2D eigenvalue weighted by Crippen LogP contribution is 2.36. The van der Waals surface area contributed by atoms with Crippen molar-refractivity contribution in [3.05, 3.63) is 63.0 Å². The number of methoxy groups -OCH3 is 1. The van der Waals surface area contributed by atoms with E-state index in [-0.39, 0.29) is 23.5 Å². The molecule has 0 spiro atoms. The van der Waals surface area contributed by atoms with Crippen LogP contribution >= 0.6 is 11.3 Å². The summed E-state index contributed by atoms with van der Waals surface area (Å²) in [5.41, 5.74) is -1.33. The molecule has 9 nitrogen and oxygen atoms in total. The molecule has 194 valence electrons. The summed E-state index contributed by atoms with van der Waals surface area (Å²) in [7, 11) is 1.09. The molecule has 0 saturated heterocycles. The van der Waals surface area contributed by atoms with Gasteiger partial charge in [0, 0.05) is 29.3 Å². The van der Waals surface area contributed by atoms with Crippen LogP contribution in [0, 0.1) is 17.5 Å². The van der Waals surface area contributed by atoms with Gasteiger partial charge in [0.05, 0.1) is 25.3 Å². The molecule has 36 heavy (non-hydrogen) atoms. The first-order valence-electron chi connectivity index (χ1n) is 10.7. The zero-order chi connectivity index (χ0) is 26.6. The summed E-state index contributed by atoms with van der Waals surface area (Å²) < 4.78 is 52.7. The summed E-state index contributed by atoms with van der Waals surface area (Å²) in [4.78, 5) is 33.6. The normalized spacial score (nSPS) is 16.7. The van der Waals surface area contributed by atoms with Crippen LogP contribution in [0.4, 0.5) is 18.0 Å². The monoisotopic (exact) mass is 526 g/mol. The minimum atomic E-state index is -1.72. The van der Waals surface area contributed by atoms with E-state index in [0.717, 1.165) is 19.2 Å². The lowest BCUT2D eigenvalue weighted by Crippen LogP contribution is -2.43. The highest BCUT2D eigenvalue weighted by atomic mass is 32.1. The van der Waals surface area contributed by atoms with E-state index < -0.39 is 59.4 Å². The number of aromatic nitrogens is 1. The molecule has 1 aromatic heterocycles. The molecule has 0 aliphatic carbocycles. The second-order valence-corrected chi connectivity index (χ2v) is 9.62.